The number of nitro groups is 1. The minimum absolute atomic E-state index is 0.187. The van der Waals surface area contributed by atoms with Crippen LogP contribution in [0, 0.1) is 15.9 Å². The van der Waals surface area contributed by atoms with E-state index in [0.29, 0.717) is 0 Å². The molecule has 2 aromatic carbocycles. The number of carbonyl (C=O) groups excluding carboxylic acids is 1. The van der Waals surface area contributed by atoms with Gasteiger partial charge < -0.3 is 9.84 Å². The smallest absolute Gasteiger partial charge is 0.271 e. The van der Waals surface area contributed by atoms with Gasteiger partial charge in [-0.25, -0.2) is 9.82 Å². The summed E-state index contributed by atoms with van der Waals surface area (Å²) in [6, 6.07) is 7.07. The van der Waals surface area contributed by atoms with Crippen molar-refractivity contribution in [3.05, 3.63) is 63.5 Å². The predicted octanol–water partition coefficient (Wildman–Crippen LogP) is 1.58. The molecule has 124 valence electrons. The Labute approximate surface area is 135 Å². The van der Waals surface area contributed by atoms with Crippen LogP contribution < -0.4 is 15.3 Å². The molecule has 8 nitrogen and oxygen atoms in total. The van der Waals surface area contributed by atoms with Gasteiger partial charge in [0.2, 0.25) is 0 Å². The van der Waals surface area contributed by atoms with Crippen LogP contribution in [0.4, 0.5) is 10.1 Å². The number of nitrogens with one attached hydrogen (secondary N) is 1. The fourth-order valence-electron chi connectivity index (χ4n) is 1.80. The van der Waals surface area contributed by atoms with Crippen LogP contribution in [-0.2, 0) is 0 Å². The first-order chi connectivity index (χ1) is 11.4. The second-order valence-corrected chi connectivity index (χ2v) is 4.53. The van der Waals surface area contributed by atoms with Crippen molar-refractivity contribution in [1.29, 1.82) is 0 Å². The standard InChI is InChI=1S/C15H12FN3O5/c1-24-13-7-9(6-12(14(13)20)19(22)23)8-17-18-15(21)10-2-4-11(16)5-3-10/h2-8,20H,1H3,(H,18,21)/p-1/b17-8-. The molecule has 24 heavy (non-hydrogen) atoms. The van der Waals surface area contributed by atoms with Crippen LogP contribution in [0.1, 0.15) is 15.9 Å². The summed E-state index contributed by atoms with van der Waals surface area (Å²) in [7, 11) is 1.21. The van der Waals surface area contributed by atoms with Crippen LogP contribution in [0.2, 0.25) is 0 Å². The number of hydrazone groups is 1. The molecule has 0 saturated heterocycles. The number of ether oxygens (including phenoxy) is 1. The molecule has 0 fully saturated rings. The lowest BCUT2D eigenvalue weighted by atomic mass is 10.2. The number of carbonyl (C=O) groups is 1. The van der Waals surface area contributed by atoms with E-state index in [9.17, 15) is 24.4 Å². The van der Waals surface area contributed by atoms with E-state index >= 15 is 0 Å². The van der Waals surface area contributed by atoms with Crippen molar-refractivity contribution in [2.75, 3.05) is 7.11 Å². The molecular formula is C15H11FN3O5-. The maximum atomic E-state index is 12.8. The molecule has 0 aliphatic heterocycles. The second-order valence-electron chi connectivity index (χ2n) is 4.53. The van der Waals surface area contributed by atoms with Crippen molar-refractivity contribution in [2.24, 2.45) is 5.10 Å². The van der Waals surface area contributed by atoms with Gasteiger partial charge in [-0.3, -0.25) is 14.9 Å². The molecule has 9 heteroatoms. The highest BCUT2D eigenvalue weighted by molar-refractivity contribution is 5.95. The van der Waals surface area contributed by atoms with Crippen LogP contribution in [-0.4, -0.2) is 24.2 Å². The van der Waals surface area contributed by atoms with E-state index in [4.69, 9.17) is 4.74 Å². The van der Waals surface area contributed by atoms with Gasteiger partial charge >= 0.3 is 0 Å². The van der Waals surface area contributed by atoms with Crippen LogP contribution in [0.3, 0.4) is 0 Å². The minimum atomic E-state index is -0.852. The van der Waals surface area contributed by atoms with Gasteiger partial charge in [0.25, 0.3) is 11.6 Å². The highest BCUT2D eigenvalue weighted by Crippen LogP contribution is 2.33. The van der Waals surface area contributed by atoms with Crippen LogP contribution >= 0.6 is 0 Å². The van der Waals surface area contributed by atoms with Gasteiger partial charge in [0.05, 0.1) is 18.2 Å². The van der Waals surface area contributed by atoms with Gasteiger partial charge in [0.1, 0.15) is 11.6 Å². The molecule has 0 heterocycles. The number of hydrogen-bond acceptors (Lipinski definition) is 6. The first-order valence-corrected chi connectivity index (χ1v) is 6.54. The Kier molecular flexibility index (Phi) is 5.05. The largest absolute Gasteiger partial charge is 0.865 e. The number of hydrogen-bond donors (Lipinski definition) is 1. The number of methoxy groups -OCH3 is 1. The summed E-state index contributed by atoms with van der Waals surface area (Å²) in [5.41, 5.74) is 1.90. The SMILES string of the molecule is COc1cc(/C=N\NC(=O)c2ccc(F)cc2)cc([N+](=O)[O-])c1[O-]. The van der Waals surface area contributed by atoms with Crippen molar-refractivity contribution < 1.29 is 24.0 Å². The quantitative estimate of drug-likeness (QED) is 0.507. The minimum Gasteiger partial charge on any atom is -0.865 e. The molecule has 0 bridgehead atoms. The van der Waals surface area contributed by atoms with Gasteiger partial charge in [-0.15, -0.1) is 0 Å². The highest BCUT2D eigenvalue weighted by atomic mass is 19.1. The van der Waals surface area contributed by atoms with Crippen LogP contribution in [0.5, 0.6) is 11.5 Å². The van der Waals surface area contributed by atoms with E-state index in [2.05, 4.69) is 10.5 Å². The molecular weight excluding hydrogens is 321 g/mol. The average Bonchev–Trinajstić information content (AvgIpc) is 2.56. The second kappa shape index (κ2) is 7.18. The Hall–Kier alpha value is -3.49. The fourth-order valence-corrected chi connectivity index (χ4v) is 1.80. The van der Waals surface area contributed by atoms with Crippen molar-refractivity contribution >= 4 is 17.8 Å². The third kappa shape index (κ3) is 3.83. The van der Waals surface area contributed by atoms with E-state index in [1.54, 1.807) is 0 Å². The van der Waals surface area contributed by atoms with Gasteiger partial charge in [0.15, 0.2) is 0 Å². The van der Waals surface area contributed by atoms with Crippen molar-refractivity contribution in [3.63, 3.8) is 0 Å². The number of amides is 1. The summed E-state index contributed by atoms with van der Waals surface area (Å²) in [5.74, 6) is -2.13. The molecule has 0 spiro atoms. The van der Waals surface area contributed by atoms with Crippen LogP contribution in [0.15, 0.2) is 41.5 Å². The normalized spacial score (nSPS) is 10.6. The van der Waals surface area contributed by atoms with Gasteiger partial charge in [-0.1, -0.05) is 0 Å². The Balaban J connectivity index is 2.16. The Morgan fingerprint density at radius 2 is 2.00 bits per heavy atom. The highest BCUT2D eigenvalue weighted by Gasteiger charge is 2.12. The number of nitrogens with zero attached hydrogens (tertiary/aromatic N) is 2. The summed E-state index contributed by atoms with van der Waals surface area (Å²) in [6.45, 7) is 0. The van der Waals surface area contributed by atoms with E-state index in [-0.39, 0.29) is 16.9 Å². The zero-order valence-electron chi connectivity index (χ0n) is 12.4. The molecule has 2 aromatic rings. The summed E-state index contributed by atoms with van der Waals surface area (Å²) >= 11 is 0. The van der Waals surface area contributed by atoms with E-state index in [0.717, 1.165) is 24.4 Å². The third-order valence-electron chi connectivity index (χ3n) is 2.96. The zero-order chi connectivity index (χ0) is 17.7. The molecule has 0 saturated carbocycles. The monoisotopic (exact) mass is 332 g/mol. The van der Waals surface area contributed by atoms with E-state index < -0.39 is 28.1 Å². The summed E-state index contributed by atoms with van der Waals surface area (Å²) in [6.07, 6.45) is 1.12. The molecule has 0 atom stereocenters. The average molecular weight is 332 g/mol. The molecule has 0 aliphatic carbocycles. The predicted molar refractivity (Wildman–Crippen MR) is 80.6 cm³/mol. The number of halogens is 1. The Morgan fingerprint density at radius 3 is 2.58 bits per heavy atom. The van der Waals surface area contributed by atoms with E-state index in [1.165, 1.54) is 25.3 Å². The summed E-state index contributed by atoms with van der Waals surface area (Å²) in [4.78, 5) is 21.8. The van der Waals surface area contributed by atoms with Gasteiger partial charge in [0, 0.05) is 22.9 Å². The zero-order valence-corrected chi connectivity index (χ0v) is 12.4. The summed E-state index contributed by atoms with van der Waals surface area (Å²) < 4.78 is 17.6. The van der Waals surface area contributed by atoms with Crippen molar-refractivity contribution in [3.8, 4) is 11.5 Å². The van der Waals surface area contributed by atoms with Gasteiger partial charge in [-0.05, 0) is 30.3 Å². The van der Waals surface area contributed by atoms with Gasteiger partial charge in [-0.2, -0.15) is 5.10 Å². The molecule has 0 unspecified atom stereocenters. The van der Waals surface area contributed by atoms with Crippen molar-refractivity contribution in [2.45, 2.75) is 0 Å². The molecule has 1 amide bonds. The first-order valence-electron chi connectivity index (χ1n) is 6.54. The fraction of sp³-hybridized carbons (Fsp3) is 0.0667. The molecule has 2 rings (SSSR count). The third-order valence-corrected chi connectivity index (χ3v) is 2.96. The number of nitro benzene ring substituents is 1. The molecule has 0 aromatic heterocycles. The summed E-state index contributed by atoms with van der Waals surface area (Å²) in [5, 5.41) is 26.2. The lowest BCUT2D eigenvalue weighted by Crippen LogP contribution is -2.17. The Morgan fingerprint density at radius 1 is 1.33 bits per heavy atom. The van der Waals surface area contributed by atoms with Crippen molar-refractivity contribution in [1.82, 2.24) is 5.43 Å². The number of benzene rings is 2. The lowest BCUT2D eigenvalue weighted by Gasteiger charge is -2.12. The van der Waals surface area contributed by atoms with E-state index in [1.807, 2.05) is 0 Å². The van der Waals surface area contributed by atoms with Crippen LogP contribution in [0.25, 0.3) is 0 Å². The molecule has 1 N–H and O–H groups in total. The molecule has 0 radical (unpaired) electrons. The number of rotatable bonds is 5. The molecule has 0 aliphatic rings. The maximum absolute atomic E-state index is 12.8. The maximum Gasteiger partial charge on any atom is 0.271 e. The Bertz CT molecular complexity index is 806. The first kappa shape index (κ1) is 16.9. The topological polar surface area (TPSA) is 117 Å². The lowest BCUT2D eigenvalue weighted by molar-refractivity contribution is -0.398.